The molecule has 1 aromatic carbocycles. The van der Waals surface area contributed by atoms with Crippen LogP contribution in [0.15, 0.2) is 18.2 Å². The molecule has 0 spiro atoms. The fourth-order valence-electron chi connectivity index (χ4n) is 1.44. The van der Waals surface area contributed by atoms with Gasteiger partial charge in [0.05, 0.1) is 12.4 Å². The van der Waals surface area contributed by atoms with Crippen molar-refractivity contribution in [2.75, 3.05) is 18.7 Å². The van der Waals surface area contributed by atoms with Gasteiger partial charge in [0.15, 0.2) is 6.61 Å². The summed E-state index contributed by atoms with van der Waals surface area (Å²) >= 11 is 0. The fraction of sp³-hybridized carbons (Fsp3) is 0.300. The summed E-state index contributed by atoms with van der Waals surface area (Å²) < 4.78 is 5.21. The first-order chi connectivity index (χ1) is 7.29. The Kier molecular flexibility index (Phi) is 2.84. The first-order valence-corrected chi connectivity index (χ1v) is 4.67. The maximum Gasteiger partial charge on any atom is 0.262 e. The normalized spacial score (nSPS) is 14.1. The van der Waals surface area contributed by atoms with Gasteiger partial charge >= 0.3 is 0 Å². The zero-order valence-electron chi connectivity index (χ0n) is 8.12. The SMILES string of the molecule is O=C1COc2ccc(CNCO)cc2N1. The number of anilines is 1. The van der Waals surface area contributed by atoms with Crippen molar-refractivity contribution in [1.29, 1.82) is 0 Å². The lowest BCUT2D eigenvalue weighted by Gasteiger charge is -2.18. The third-order valence-electron chi connectivity index (χ3n) is 2.12. The average molecular weight is 208 g/mol. The number of hydrogen-bond acceptors (Lipinski definition) is 4. The van der Waals surface area contributed by atoms with Gasteiger partial charge in [-0.25, -0.2) is 0 Å². The van der Waals surface area contributed by atoms with Crippen LogP contribution >= 0.6 is 0 Å². The van der Waals surface area contributed by atoms with Gasteiger partial charge in [-0.15, -0.1) is 0 Å². The van der Waals surface area contributed by atoms with Crippen LogP contribution in [-0.2, 0) is 11.3 Å². The van der Waals surface area contributed by atoms with Crippen molar-refractivity contribution in [2.24, 2.45) is 0 Å². The van der Waals surface area contributed by atoms with Crippen molar-refractivity contribution in [3.8, 4) is 5.75 Å². The van der Waals surface area contributed by atoms with E-state index in [0.29, 0.717) is 18.0 Å². The van der Waals surface area contributed by atoms with E-state index in [9.17, 15) is 4.79 Å². The van der Waals surface area contributed by atoms with Gasteiger partial charge in [-0.05, 0) is 17.7 Å². The number of ether oxygens (including phenoxy) is 1. The molecular weight excluding hydrogens is 196 g/mol. The number of aliphatic hydroxyl groups excluding tert-OH is 1. The van der Waals surface area contributed by atoms with Gasteiger partial charge in [-0.3, -0.25) is 10.1 Å². The Labute approximate surface area is 87.1 Å². The lowest BCUT2D eigenvalue weighted by molar-refractivity contribution is -0.118. The van der Waals surface area contributed by atoms with Crippen LogP contribution in [-0.4, -0.2) is 24.4 Å². The quantitative estimate of drug-likeness (QED) is 0.614. The van der Waals surface area contributed by atoms with E-state index in [1.165, 1.54) is 0 Å². The summed E-state index contributed by atoms with van der Waals surface area (Å²) in [5, 5.41) is 14.1. The van der Waals surface area contributed by atoms with Gasteiger partial charge < -0.3 is 15.2 Å². The van der Waals surface area contributed by atoms with Crippen LogP contribution in [0.4, 0.5) is 5.69 Å². The second kappa shape index (κ2) is 4.29. The molecule has 1 heterocycles. The molecule has 0 aliphatic carbocycles. The van der Waals surface area contributed by atoms with E-state index in [-0.39, 0.29) is 19.2 Å². The first-order valence-electron chi connectivity index (χ1n) is 4.67. The summed E-state index contributed by atoms with van der Waals surface area (Å²) in [6.45, 7) is 0.556. The minimum Gasteiger partial charge on any atom is -0.482 e. The zero-order valence-corrected chi connectivity index (χ0v) is 8.12. The smallest absolute Gasteiger partial charge is 0.262 e. The summed E-state index contributed by atoms with van der Waals surface area (Å²) in [7, 11) is 0. The number of hydrogen-bond donors (Lipinski definition) is 3. The first kappa shape index (κ1) is 9.95. The molecule has 1 amide bonds. The minimum atomic E-state index is -0.144. The Morgan fingerprint density at radius 2 is 2.40 bits per heavy atom. The molecule has 80 valence electrons. The van der Waals surface area contributed by atoms with E-state index in [4.69, 9.17) is 9.84 Å². The molecule has 0 aromatic heterocycles. The standard InChI is InChI=1S/C10H12N2O3/c13-6-11-4-7-1-2-9-8(3-7)12-10(14)5-15-9/h1-3,11,13H,4-6H2,(H,12,14). The van der Waals surface area contributed by atoms with Crippen LogP contribution in [0.3, 0.4) is 0 Å². The van der Waals surface area contributed by atoms with Gasteiger partial charge in [0, 0.05) is 6.54 Å². The van der Waals surface area contributed by atoms with Gasteiger partial charge in [0.1, 0.15) is 5.75 Å². The Bertz CT molecular complexity index is 379. The molecule has 0 saturated carbocycles. The van der Waals surface area contributed by atoms with E-state index in [1.807, 2.05) is 18.2 Å². The summed E-state index contributed by atoms with van der Waals surface area (Å²) in [5.74, 6) is 0.539. The molecule has 0 atom stereocenters. The number of nitrogens with one attached hydrogen (secondary N) is 2. The van der Waals surface area contributed by atoms with Crippen molar-refractivity contribution in [3.63, 3.8) is 0 Å². The molecule has 0 fully saturated rings. The van der Waals surface area contributed by atoms with E-state index < -0.39 is 0 Å². The molecule has 2 rings (SSSR count). The topological polar surface area (TPSA) is 70.6 Å². The molecule has 5 nitrogen and oxygen atoms in total. The lowest BCUT2D eigenvalue weighted by atomic mass is 10.1. The largest absolute Gasteiger partial charge is 0.482 e. The number of carbonyl (C=O) groups is 1. The number of rotatable bonds is 3. The third-order valence-corrected chi connectivity index (χ3v) is 2.12. The number of amides is 1. The number of fused-ring (bicyclic) bond motifs is 1. The zero-order chi connectivity index (χ0) is 10.7. The van der Waals surface area contributed by atoms with Gasteiger partial charge in [-0.2, -0.15) is 0 Å². The predicted molar refractivity (Wildman–Crippen MR) is 54.5 cm³/mol. The van der Waals surface area contributed by atoms with E-state index >= 15 is 0 Å². The molecule has 0 radical (unpaired) electrons. The maximum atomic E-state index is 11.1. The Balaban J connectivity index is 2.17. The third kappa shape index (κ3) is 2.26. The van der Waals surface area contributed by atoms with Crippen molar-refractivity contribution < 1.29 is 14.6 Å². The maximum absolute atomic E-state index is 11.1. The van der Waals surface area contributed by atoms with Crippen molar-refractivity contribution >= 4 is 11.6 Å². The summed E-state index contributed by atoms with van der Waals surface area (Å²) in [5.41, 5.74) is 1.66. The van der Waals surface area contributed by atoms with E-state index in [1.54, 1.807) is 0 Å². The van der Waals surface area contributed by atoms with Crippen LogP contribution in [0.1, 0.15) is 5.56 Å². The number of benzene rings is 1. The van der Waals surface area contributed by atoms with Crippen molar-refractivity contribution in [3.05, 3.63) is 23.8 Å². The molecule has 15 heavy (non-hydrogen) atoms. The monoisotopic (exact) mass is 208 g/mol. The van der Waals surface area contributed by atoms with Gasteiger partial charge in [0.2, 0.25) is 0 Å². The van der Waals surface area contributed by atoms with Crippen LogP contribution in [0.5, 0.6) is 5.75 Å². The average Bonchev–Trinajstić information content (AvgIpc) is 2.25. The Morgan fingerprint density at radius 3 is 3.20 bits per heavy atom. The van der Waals surface area contributed by atoms with Crippen molar-refractivity contribution in [1.82, 2.24) is 5.32 Å². The van der Waals surface area contributed by atoms with Gasteiger partial charge in [0.25, 0.3) is 5.91 Å². The molecule has 5 heteroatoms. The summed E-state index contributed by atoms with van der Waals surface area (Å²) in [6, 6.07) is 5.52. The Morgan fingerprint density at radius 1 is 1.53 bits per heavy atom. The fourth-order valence-corrected chi connectivity index (χ4v) is 1.44. The molecule has 1 aliphatic rings. The highest BCUT2D eigenvalue weighted by Gasteiger charge is 2.15. The van der Waals surface area contributed by atoms with Gasteiger partial charge in [-0.1, -0.05) is 6.07 Å². The van der Waals surface area contributed by atoms with Crippen molar-refractivity contribution in [2.45, 2.75) is 6.54 Å². The molecule has 1 aromatic rings. The summed E-state index contributed by atoms with van der Waals surface area (Å²) in [4.78, 5) is 11.1. The van der Waals surface area contributed by atoms with Crippen LogP contribution < -0.4 is 15.4 Å². The van der Waals surface area contributed by atoms with E-state index in [0.717, 1.165) is 5.56 Å². The van der Waals surface area contributed by atoms with E-state index in [2.05, 4.69) is 10.6 Å². The predicted octanol–water partition coefficient (Wildman–Crippen LogP) is 0.0569. The van der Waals surface area contributed by atoms with Crippen LogP contribution in [0, 0.1) is 0 Å². The molecular formula is C10H12N2O3. The second-order valence-corrected chi connectivity index (χ2v) is 3.25. The highest BCUT2D eigenvalue weighted by molar-refractivity contribution is 5.95. The minimum absolute atomic E-state index is 0.0695. The Hall–Kier alpha value is -1.59. The number of aliphatic hydroxyl groups is 1. The molecule has 1 aliphatic heterocycles. The molecule has 0 saturated heterocycles. The summed E-state index contributed by atoms with van der Waals surface area (Å²) in [6.07, 6.45) is 0. The van der Waals surface area contributed by atoms with Crippen LogP contribution in [0.25, 0.3) is 0 Å². The second-order valence-electron chi connectivity index (χ2n) is 3.25. The van der Waals surface area contributed by atoms with Crippen LogP contribution in [0.2, 0.25) is 0 Å². The highest BCUT2D eigenvalue weighted by atomic mass is 16.5. The molecule has 0 unspecified atom stereocenters. The lowest BCUT2D eigenvalue weighted by Crippen LogP contribution is -2.25. The molecule has 3 N–H and O–H groups in total. The highest BCUT2D eigenvalue weighted by Crippen LogP contribution is 2.28. The molecule has 0 bridgehead atoms. The number of carbonyl (C=O) groups excluding carboxylic acids is 1.